The Morgan fingerprint density at radius 3 is 2.83 bits per heavy atom. The maximum Gasteiger partial charge on any atom is 0.226 e. The lowest BCUT2D eigenvalue weighted by molar-refractivity contribution is -0.139. The molecule has 0 aromatic rings. The van der Waals surface area contributed by atoms with Crippen LogP contribution in [-0.2, 0) is 9.53 Å². The van der Waals surface area contributed by atoms with Gasteiger partial charge in [-0.3, -0.25) is 4.79 Å². The fraction of sp³-hybridized carbons (Fsp3) is 0.929. The second kappa shape index (κ2) is 6.02. The highest BCUT2D eigenvalue weighted by Crippen LogP contribution is 2.30. The van der Waals surface area contributed by atoms with Crippen LogP contribution in [0.2, 0.25) is 0 Å². The van der Waals surface area contributed by atoms with E-state index >= 15 is 0 Å². The number of hydrogen-bond donors (Lipinski definition) is 1. The SMILES string of the molecule is CC1CN(C(=O)C2CCCC(N)C2C)CCCO1. The van der Waals surface area contributed by atoms with E-state index in [1.807, 2.05) is 11.8 Å². The minimum atomic E-state index is 0.124. The summed E-state index contributed by atoms with van der Waals surface area (Å²) in [5, 5.41) is 0. The van der Waals surface area contributed by atoms with Crippen LogP contribution in [0.4, 0.5) is 0 Å². The molecule has 1 aliphatic heterocycles. The van der Waals surface area contributed by atoms with Crippen molar-refractivity contribution in [1.82, 2.24) is 4.90 Å². The lowest BCUT2D eigenvalue weighted by Gasteiger charge is -2.36. The van der Waals surface area contributed by atoms with Gasteiger partial charge in [0.1, 0.15) is 0 Å². The van der Waals surface area contributed by atoms with Gasteiger partial charge in [-0.25, -0.2) is 0 Å². The molecule has 4 nitrogen and oxygen atoms in total. The number of ether oxygens (including phenoxy) is 1. The summed E-state index contributed by atoms with van der Waals surface area (Å²) >= 11 is 0. The Kier molecular flexibility index (Phi) is 4.62. The molecule has 1 saturated heterocycles. The molecule has 1 aliphatic carbocycles. The minimum Gasteiger partial charge on any atom is -0.377 e. The summed E-state index contributed by atoms with van der Waals surface area (Å²) in [4.78, 5) is 14.6. The standard InChI is InChI=1S/C14H26N2O2/c1-10-9-16(7-4-8-18-10)14(17)12-5-3-6-13(15)11(12)2/h10-13H,3-9,15H2,1-2H3. The first kappa shape index (κ1) is 13.8. The van der Waals surface area contributed by atoms with Crippen LogP contribution in [0.3, 0.4) is 0 Å². The molecule has 0 radical (unpaired) electrons. The predicted octanol–water partition coefficient (Wildman–Crippen LogP) is 1.39. The van der Waals surface area contributed by atoms with Gasteiger partial charge in [0.15, 0.2) is 0 Å². The third kappa shape index (κ3) is 3.04. The topological polar surface area (TPSA) is 55.6 Å². The first-order chi connectivity index (χ1) is 8.59. The lowest BCUT2D eigenvalue weighted by atomic mass is 9.76. The minimum absolute atomic E-state index is 0.124. The number of carbonyl (C=O) groups is 1. The number of nitrogens with two attached hydrogens (primary N) is 1. The van der Waals surface area contributed by atoms with Crippen molar-refractivity contribution in [3.05, 3.63) is 0 Å². The van der Waals surface area contributed by atoms with E-state index in [1.54, 1.807) is 0 Å². The maximum atomic E-state index is 12.6. The van der Waals surface area contributed by atoms with Crippen LogP contribution in [0.5, 0.6) is 0 Å². The summed E-state index contributed by atoms with van der Waals surface area (Å²) in [6, 6.07) is 0.188. The zero-order valence-electron chi connectivity index (χ0n) is 11.6. The maximum absolute atomic E-state index is 12.6. The summed E-state index contributed by atoms with van der Waals surface area (Å²) in [5.41, 5.74) is 6.10. The zero-order valence-corrected chi connectivity index (χ0v) is 11.6. The summed E-state index contributed by atoms with van der Waals surface area (Å²) < 4.78 is 5.60. The molecule has 2 aliphatic rings. The largest absolute Gasteiger partial charge is 0.377 e. The zero-order chi connectivity index (χ0) is 13.1. The second-order valence-electron chi connectivity index (χ2n) is 5.88. The highest BCUT2D eigenvalue weighted by Gasteiger charge is 2.35. The normalized spacial score (nSPS) is 38.3. The van der Waals surface area contributed by atoms with Gasteiger partial charge < -0.3 is 15.4 Å². The number of carbonyl (C=O) groups excluding carboxylic acids is 1. The average Bonchev–Trinajstić information content (AvgIpc) is 2.56. The molecular weight excluding hydrogens is 228 g/mol. The highest BCUT2D eigenvalue weighted by atomic mass is 16.5. The monoisotopic (exact) mass is 254 g/mol. The van der Waals surface area contributed by atoms with Crippen molar-refractivity contribution in [1.29, 1.82) is 0 Å². The van der Waals surface area contributed by atoms with E-state index < -0.39 is 0 Å². The van der Waals surface area contributed by atoms with Gasteiger partial charge in [0, 0.05) is 31.7 Å². The van der Waals surface area contributed by atoms with Gasteiger partial charge in [0.25, 0.3) is 0 Å². The summed E-state index contributed by atoms with van der Waals surface area (Å²) in [7, 11) is 0. The van der Waals surface area contributed by atoms with Crippen LogP contribution in [0, 0.1) is 11.8 Å². The average molecular weight is 254 g/mol. The van der Waals surface area contributed by atoms with Gasteiger partial charge >= 0.3 is 0 Å². The molecule has 2 fully saturated rings. The lowest BCUT2D eigenvalue weighted by Crippen LogP contribution is -2.47. The quantitative estimate of drug-likeness (QED) is 0.769. The molecule has 0 aromatic heterocycles. The van der Waals surface area contributed by atoms with Gasteiger partial charge in [0.05, 0.1) is 6.10 Å². The number of hydrogen-bond acceptors (Lipinski definition) is 3. The van der Waals surface area contributed by atoms with Crippen molar-refractivity contribution in [3.8, 4) is 0 Å². The Morgan fingerprint density at radius 1 is 1.28 bits per heavy atom. The molecule has 0 bridgehead atoms. The number of nitrogens with zero attached hydrogens (tertiary/aromatic N) is 1. The number of rotatable bonds is 1. The van der Waals surface area contributed by atoms with E-state index in [2.05, 4.69) is 6.92 Å². The Hall–Kier alpha value is -0.610. The molecule has 0 spiro atoms. The van der Waals surface area contributed by atoms with Crippen LogP contribution < -0.4 is 5.73 Å². The van der Waals surface area contributed by atoms with Crippen LogP contribution in [0.15, 0.2) is 0 Å². The van der Waals surface area contributed by atoms with Gasteiger partial charge in [-0.15, -0.1) is 0 Å². The Bertz CT molecular complexity index is 296. The van der Waals surface area contributed by atoms with Crippen molar-refractivity contribution in [2.75, 3.05) is 19.7 Å². The molecule has 104 valence electrons. The Balaban J connectivity index is 2.00. The van der Waals surface area contributed by atoms with E-state index in [4.69, 9.17) is 10.5 Å². The van der Waals surface area contributed by atoms with E-state index in [1.165, 1.54) is 0 Å². The van der Waals surface area contributed by atoms with Gasteiger partial charge in [-0.2, -0.15) is 0 Å². The van der Waals surface area contributed by atoms with E-state index in [0.29, 0.717) is 11.8 Å². The number of amides is 1. The molecule has 18 heavy (non-hydrogen) atoms. The van der Waals surface area contributed by atoms with Crippen LogP contribution in [0.1, 0.15) is 39.5 Å². The van der Waals surface area contributed by atoms with Crippen molar-refractivity contribution in [2.24, 2.45) is 17.6 Å². The summed E-state index contributed by atoms with van der Waals surface area (Å²) in [5.74, 6) is 0.736. The first-order valence-corrected chi connectivity index (χ1v) is 7.25. The molecule has 2 rings (SSSR count). The van der Waals surface area contributed by atoms with Crippen LogP contribution >= 0.6 is 0 Å². The molecule has 1 amide bonds. The van der Waals surface area contributed by atoms with E-state index in [-0.39, 0.29) is 18.1 Å². The molecule has 4 heteroatoms. The molecule has 2 N–H and O–H groups in total. The van der Waals surface area contributed by atoms with Crippen molar-refractivity contribution in [3.63, 3.8) is 0 Å². The van der Waals surface area contributed by atoms with Crippen LogP contribution in [-0.4, -0.2) is 42.6 Å². The van der Waals surface area contributed by atoms with Gasteiger partial charge in [-0.1, -0.05) is 13.3 Å². The van der Waals surface area contributed by atoms with Gasteiger partial charge in [-0.05, 0) is 32.1 Å². The molecule has 1 saturated carbocycles. The third-order valence-corrected chi connectivity index (χ3v) is 4.44. The third-order valence-electron chi connectivity index (χ3n) is 4.44. The van der Waals surface area contributed by atoms with Crippen molar-refractivity contribution < 1.29 is 9.53 Å². The summed E-state index contributed by atoms with van der Waals surface area (Å²) in [6.45, 7) is 6.51. The fourth-order valence-electron chi connectivity index (χ4n) is 3.17. The molecule has 1 heterocycles. The van der Waals surface area contributed by atoms with Gasteiger partial charge in [0.2, 0.25) is 5.91 Å². The second-order valence-corrected chi connectivity index (χ2v) is 5.88. The smallest absolute Gasteiger partial charge is 0.226 e. The first-order valence-electron chi connectivity index (χ1n) is 7.25. The Labute approximate surface area is 110 Å². The molecule has 4 unspecified atom stereocenters. The van der Waals surface area contributed by atoms with E-state index in [9.17, 15) is 4.79 Å². The van der Waals surface area contributed by atoms with Crippen molar-refractivity contribution in [2.45, 2.75) is 51.7 Å². The Morgan fingerprint density at radius 2 is 2.06 bits per heavy atom. The van der Waals surface area contributed by atoms with E-state index in [0.717, 1.165) is 45.4 Å². The molecule has 0 aromatic carbocycles. The molecular formula is C14H26N2O2. The fourth-order valence-corrected chi connectivity index (χ4v) is 3.17. The van der Waals surface area contributed by atoms with Crippen molar-refractivity contribution >= 4 is 5.91 Å². The van der Waals surface area contributed by atoms with Crippen LogP contribution in [0.25, 0.3) is 0 Å². The predicted molar refractivity (Wildman–Crippen MR) is 71.1 cm³/mol. The highest BCUT2D eigenvalue weighted by molar-refractivity contribution is 5.79. The summed E-state index contributed by atoms with van der Waals surface area (Å²) in [6.07, 6.45) is 4.25. The molecule has 4 atom stereocenters.